The Labute approximate surface area is 101 Å². The van der Waals surface area contributed by atoms with E-state index in [-0.39, 0.29) is 5.84 Å². The fraction of sp³-hybridized carbons (Fsp3) is 0.462. The number of hydrogen-bond acceptors (Lipinski definition) is 3. The number of hydroxylamine groups is 2. The summed E-state index contributed by atoms with van der Waals surface area (Å²) < 4.78 is 0. The Kier molecular flexibility index (Phi) is 2.33. The zero-order chi connectivity index (χ0) is 11.9. The van der Waals surface area contributed by atoms with Crippen LogP contribution in [-0.4, -0.2) is 21.8 Å². The highest BCUT2D eigenvalue weighted by atomic mass is 16.5. The molecule has 0 amide bonds. The first kappa shape index (κ1) is 10.6. The molecule has 1 saturated carbocycles. The van der Waals surface area contributed by atoms with Gasteiger partial charge in [-0.1, -0.05) is 18.6 Å². The summed E-state index contributed by atoms with van der Waals surface area (Å²) >= 11 is 0. The van der Waals surface area contributed by atoms with E-state index in [9.17, 15) is 5.21 Å². The van der Waals surface area contributed by atoms with Gasteiger partial charge in [0.15, 0.2) is 5.84 Å². The number of hydrogen-bond donors (Lipinski definition) is 3. The lowest BCUT2D eigenvalue weighted by Crippen LogP contribution is -2.59. The first-order valence-electron chi connectivity index (χ1n) is 6.18. The van der Waals surface area contributed by atoms with E-state index in [0.717, 1.165) is 42.0 Å². The van der Waals surface area contributed by atoms with Gasteiger partial charge in [0.25, 0.3) is 0 Å². The van der Waals surface area contributed by atoms with Crippen molar-refractivity contribution in [2.24, 2.45) is 0 Å². The number of amidine groups is 1. The van der Waals surface area contributed by atoms with Crippen LogP contribution in [0.25, 0.3) is 0 Å². The SMILES string of the molecule is N=C1c2ccccc2NC2(CCCCC2)N1O. The highest BCUT2D eigenvalue weighted by molar-refractivity contribution is 6.03. The Morgan fingerprint density at radius 1 is 1.18 bits per heavy atom. The lowest BCUT2D eigenvalue weighted by molar-refractivity contribution is -0.111. The summed E-state index contributed by atoms with van der Waals surface area (Å²) in [5, 5.41) is 22.9. The molecule has 0 aromatic heterocycles. The molecule has 1 spiro atoms. The molecule has 0 unspecified atom stereocenters. The summed E-state index contributed by atoms with van der Waals surface area (Å²) in [6.07, 6.45) is 5.19. The molecule has 0 bridgehead atoms. The van der Waals surface area contributed by atoms with Crippen LogP contribution in [0.4, 0.5) is 5.69 Å². The van der Waals surface area contributed by atoms with E-state index in [1.807, 2.05) is 24.3 Å². The van der Waals surface area contributed by atoms with E-state index >= 15 is 0 Å². The molecule has 2 aliphatic rings. The van der Waals surface area contributed by atoms with Crippen molar-refractivity contribution >= 4 is 11.5 Å². The van der Waals surface area contributed by atoms with Crippen molar-refractivity contribution in [2.45, 2.75) is 37.8 Å². The molecule has 4 nitrogen and oxygen atoms in total. The van der Waals surface area contributed by atoms with Crippen molar-refractivity contribution < 1.29 is 5.21 Å². The van der Waals surface area contributed by atoms with E-state index < -0.39 is 5.66 Å². The van der Waals surface area contributed by atoms with Crippen molar-refractivity contribution in [1.82, 2.24) is 5.06 Å². The van der Waals surface area contributed by atoms with Gasteiger partial charge in [-0.2, -0.15) is 0 Å². The van der Waals surface area contributed by atoms with Crippen LogP contribution in [0.15, 0.2) is 24.3 Å². The molecule has 0 atom stereocenters. The van der Waals surface area contributed by atoms with Gasteiger partial charge in [0.2, 0.25) is 0 Å². The second-order valence-corrected chi connectivity index (χ2v) is 4.92. The van der Waals surface area contributed by atoms with Crippen molar-refractivity contribution in [1.29, 1.82) is 5.41 Å². The molecule has 0 radical (unpaired) electrons. The third kappa shape index (κ3) is 1.52. The molecule has 3 rings (SSSR count). The first-order chi connectivity index (χ1) is 8.23. The number of rotatable bonds is 0. The van der Waals surface area contributed by atoms with Gasteiger partial charge >= 0.3 is 0 Å². The fourth-order valence-electron chi connectivity index (χ4n) is 2.90. The monoisotopic (exact) mass is 231 g/mol. The largest absolute Gasteiger partial charge is 0.360 e. The topological polar surface area (TPSA) is 59.4 Å². The highest BCUT2D eigenvalue weighted by Gasteiger charge is 2.43. The Bertz CT molecular complexity index is 452. The third-order valence-corrected chi connectivity index (χ3v) is 3.85. The Balaban J connectivity index is 2.03. The minimum absolute atomic E-state index is 0.209. The maximum atomic E-state index is 10.2. The normalized spacial score (nSPS) is 22.2. The Morgan fingerprint density at radius 2 is 1.88 bits per heavy atom. The minimum atomic E-state index is -0.455. The third-order valence-electron chi connectivity index (χ3n) is 3.85. The van der Waals surface area contributed by atoms with Crippen LogP contribution in [0.3, 0.4) is 0 Å². The molecular weight excluding hydrogens is 214 g/mol. The molecule has 1 aromatic carbocycles. The molecule has 0 saturated heterocycles. The molecule has 1 heterocycles. The maximum absolute atomic E-state index is 10.2. The van der Waals surface area contributed by atoms with Crippen LogP contribution in [0.1, 0.15) is 37.7 Å². The van der Waals surface area contributed by atoms with E-state index in [1.165, 1.54) is 6.42 Å². The minimum Gasteiger partial charge on any atom is -0.360 e. The van der Waals surface area contributed by atoms with Gasteiger partial charge in [-0.05, 0) is 37.8 Å². The van der Waals surface area contributed by atoms with E-state index in [2.05, 4.69) is 5.32 Å². The average Bonchev–Trinajstić information content (AvgIpc) is 2.37. The van der Waals surface area contributed by atoms with Crippen LogP contribution < -0.4 is 5.32 Å². The molecule has 1 aliphatic heterocycles. The molecule has 1 aliphatic carbocycles. The number of benzene rings is 1. The summed E-state index contributed by atoms with van der Waals surface area (Å²) in [7, 11) is 0. The zero-order valence-corrected chi connectivity index (χ0v) is 9.74. The summed E-state index contributed by atoms with van der Waals surface area (Å²) in [5.41, 5.74) is 1.28. The molecule has 90 valence electrons. The quantitative estimate of drug-likeness (QED) is 0.643. The number of para-hydroxylation sites is 1. The van der Waals surface area contributed by atoms with Crippen molar-refractivity contribution in [3.8, 4) is 0 Å². The summed E-state index contributed by atoms with van der Waals surface area (Å²) in [4.78, 5) is 0. The van der Waals surface area contributed by atoms with Crippen molar-refractivity contribution in [3.05, 3.63) is 29.8 Å². The lowest BCUT2D eigenvalue weighted by atomic mass is 9.86. The predicted molar refractivity (Wildman–Crippen MR) is 66.3 cm³/mol. The molecular formula is C13H17N3O. The van der Waals surface area contributed by atoms with Gasteiger partial charge in [0, 0.05) is 11.3 Å². The zero-order valence-electron chi connectivity index (χ0n) is 9.74. The molecule has 1 aromatic rings. The number of anilines is 1. The highest BCUT2D eigenvalue weighted by Crippen LogP contribution is 2.39. The van der Waals surface area contributed by atoms with Crippen LogP contribution in [0.2, 0.25) is 0 Å². The Morgan fingerprint density at radius 3 is 2.65 bits per heavy atom. The van der Waals surface area contributed by atoms with Gasteiger partial charge in [-0.15, -0.1) is 0 Å². The average molecular weight is 231 g/mol. The second kappa shape index (κ2) is 3.74. The summed E-state index contributed by atoms with van der Waals surface area (Å²) in [5.74, 6) is 0.209. The van der Waals surface area contributed by atoms with Gasteiger partial charge in [0.05, 0.1) is 0 Å². The molecule has 3 N–H and O–H groups in total. The first-order valence-corrected chi connectivity index (χ1v) is 6.18. The van der Waals surface area contributed by atoms with Gasteiger partial charge in [0.1, 0.15) is 5.66 Å². The van der Waals surface area contributed by atoms with Crippen molar-refractivity contribution in [3.63, 3.8) is 0 Å². The number of fused-ring (bicyclic) bond motifs is 1. The lowest BCUT2D eigenvalue weighted by Gasteiger charge is -2.48. The summed E-state index contributed by atoms with van der Waals surface area (Å²) in [6.45, 7) is 0. The van der Waals surface area contributed by atoms with Gasteiger partial charge in [-0.25, -0.2) is 5.06 Å². The maximum Gasteiger partial charge on any atom is 0.157 e. The van der Waals surface area contributed by atoms with E-state index in [1.54, 1.807) is 0 Å². The van der Waals surface area contributed by atoms with Crippen LogP contribution >= 0.6 is 0 Å². The van der Waals surface area contributed by atoms with Gasteiger partial charge < -0.3 is 5.32 Å². The van der Waals surface area contributed by atoms with Crippen LogP contribution in [-0.2, 0) is 0 Å². The predicted octanol–water partition coefficient (Wildman–Crippen LogP) is 2.79. The standard InChI is InChI=1S/C13H17N3O/c14-12-10-6-2-3-7-11(10)15-13(16(12)17)8-4-1-5-9-13/h2-3,6-7,14-15,17H,1,4-5,8-9H2. The van der Waals surface area contributed by atoms with Crippen LogP contribution in [0, 0.1) is 5.41 Å². The fourth-order valence-corrected chi connectivity index (χ4v) is 2.90. The van der Waals surface area contributed by atoms with E-state index in [4.69, 9.17) is 5.41 Å². The van der Waals surface area contributed by atoms with Crippen LogP contribution in [0.5, 0.6) is 0 Å². The number of nitrogens with one attached hydrogen (secondary N) is 2. The Hall–Kier alpha value is -1.55. The number of nitrogens with zero attached hydrogens (tertiary/aromatic N) is 1. The second-order valence-electron chi connectivity index (χ2n) is 4.92. The van der Waals surface area contributed by atoms with E-state index in [0.29, 0.717) is 0 Å². The molecule has 1 fully saturated rings. The molecule has 4 heteroatoms. The van der Waals surface area contributed by atoms with Crippen molar-refractivity contribution in [2.75, 3.05) is 5.32 Å². The molecule has 17 heavy (non-hydrogen) atoms. The smallest absolute Gasteiger partial charge is 0.157 e. The van der Waals surface area contributed by atoms with Gasteiger partial charge in [-0.3, -0.25) is 10.6 Å². The summed E-state index contributed by atoms with van der Waals surface area (Å²) in [6, 6.07) is 7.70.